The zero-order valence-electron chi connectivity index (χ0n) is 24.4. The van der Waals surface area contributed by atoms with E-state index in [-0.39, 0.29) is 34.8 Å². The highest BCUT2D eigenvalue weighted by Crippen LogP contribution is 2.37. The predicted molar refractivity (Wildman–Crippen MR) is 175 cm³/mol. The first-order valence-corrected chi connectivity index (χ1v) is 15.9. The fourth-order valence-corrected chi connectivity index (χ4v) is 6.76. The van der Waals surface area contributed by atoms with Gasteiger partial charge in [0.15, 0.2) is 4.80 Å². The summed E-state index contributed by atoms with van der Waals surface area (Å²) in [6, 6.07) is 16.3. The summed E-state index contributed by atoms with van der Waals surface area (Å²) >= 11 is 10.6. The Morgan fingerprint density at radius 2 is 1.89 bits per heavy atom. The lowest BCUT2D eigenvalue weighted by atomic mass is 9.96. The van der Waals surface area contributed by atoms with E-state index in [9.17, 15) is 19.7 Å². The number of aromatic nitrogens is 1. The van der Waals surface area contributed by atoms with E-state index in [2.05, 4.69) is 20.9 Å². The molecule has 0 bridgehead atoms. The van der Waals surface area contributed by atoms with Crippen molar-refractivity contribution in [2.75, 3.05) is 13.2 Å². The molecule has 0 saturated carbocycles. The Hall–Kier alpha value is -4.26. The minimum Gasteiger partial charge on any atom is -0.494 e. The number of fused-ring (bicyclic) bond motifs is 1. The number of hydrogen-bond acceptors (Lipinski definition) is 9. The van der Waals surface area contributed by atoms with Crippen LogP contribution in [0.2, 0.25) is 5.02 Å². The summed E-state index contributed by atoms with van der Waals surface area (Å²) in [4.78, 5) is 43.6. The van der Waals surface area contributed by atoms with Crippen molar-refractivity contribution in [2.45, 2.75) is 33.4 Å². The Bertz CT molecular complexity index is 2000. The first-order chi connectivity index (χ1) is 21.6. The van der Waals surface area contributed by atoms with E-state index in [1.54, 1.807) is 74.5 Å². The van der Waals surface area contributed by atoms with Crippen molar-refractivity contribution in [3.8, 4) is 11.5 Å². The van der Waals surface area contributed by atoms with Gasteiger partial charge in [-0.3, -0.25) is 19.5 Å². The molecule has 0 saturated heterocycles. The van der Waals surface area contributed by atoms with Crippen LogP contribution in [-0.4, -0.2) is 28.7 Å². The number of rotatable bonds is 10. The lowest BCUT2D eigenvalue weighted by Crippen LogP contribution is -2.39. The predicted octanol–water partition coefficient (Wildman–Crippen LogP) is 6.10. The van der Waals surface area contributed by atoms with Crippen LogP contribution in [0.1, 0.15) is 43.5 Å². The molecule has 0 spiro atoms. The van der Waals surface area contributed by atoms with Crippen LogP contribution in [0.4, 0.5) is 5.69 Å². The Morgan fingerprint density at radius 3 is 2.56 bits per heavy atom. The van der Waals surface area contributed by atoms with Gasteiger partial charge in [-0.05, 0) is 89.8 Å². The van der Waals surface area contributed by atoms with Crippen LogP contribution in [0.25, 0.3) is 6.08 Å². The second-order valence-corrected chi connectivity index (χ2v) is 12.1. The lowest BCUT2D eigenvalue weighted by molar-refractivity contribution is -0.386. The number of hydrogen-bond donors (Lipinski definition) is 0. The fourth-order valence-electron chi connectivity index (χ4n) is 4.91. The molecule has 45 heavy (non-hydrogen) atoms. The van der Waals surface area contributed by atoms with Crippen LogP contribution in [0.3, 0.4) is 0 Å². The lowest BCUT2D eigenvalue weighted by Gasteiger charge is -2.24. The van der Waals surface area contributed by atoms with Gasteiger partial charge in [0, 0.05) is 11.1 Å². The second-order valence-electron chi connectivity index (χ2n) is 9.83. The van der Waals surface area contributed by atoms with Crippen LogP contribution in [0.15, 0.2) is 86.2 Å². The van der Waals surface area contributed by atoms with Gasteiger partial charge in [-0.25, -0.2) is 9.79 Å². The van der Waals surface area contributed by atoms with E-state index in [1.165, 1.54) is 10.6 Å². The molecule has 0 amide bonds. The van der Waals surface area contributed by atoms with Crippen molar-refractivity contribution < 1.29 is 23.9 Å². The summed E-state index contributed by atoms with van der Waals surface area (Å²) in [6.45, 7) is 6.00. The van der Waals surface area contributed by atoms with Crippen LogP contribution >= 0.6 is 38.9 Å². The number of carbonyl (C=O) groups excluding carboxylic acids is 1. The number of benzene rings is 3. The molecule has 13 heteroatoms. The molecule has 4 aromatic rings. The summed E-state index contributed by atoms with van der Waals surface area (Å²) in [7, 11) is 0. The number of ether oxygens (including phenoxy) is 3. The van der Waals surface area contributed by atoms with E-state index < -0.39 is 22.5 Å². The molecule has 10 nitrogen and oxygen atoms in total. The number of thiazole rings is 1. The quantitative estimate of drug-likeness (QED) is 0.111. The molecule has 0 unspecified atom stereocenters. The van der Waals surface area contributed by atoms with Gasteiger partial charge in [-0.15, -0.1) is 0 Å². The van der Waals surface area contributed by atoms with Gasteiger partial charge in [0.2, 0.25) is 5.75 Å². The highest BCUT2D eigenvalue weighted by atomic mass is 79.9. The average Bonchev–Trinajstić information content (AvgIpc) is 3.30. The zero-order chi connectivity index (χ0) is 32.2. The highest BCUT2D eigenvalue weighted by Gasteiger charge is 2.33. The maximum atomic E-state index is 14.0. The summed E-state index contributed by atoms with van der Waals surface area (Å²) < 4.78 is 18.8. The highest BCUT2D eigenvalue weighted by molar-refractivity contribution is 9.10. The standard InChI is InChI=1S/C32H27BrClN3O7S/c1-4-42-23-11-9-21(10-12-23)28-27(31(39)43-5-2)18(3)35-32-36(28)30(38)26(45-32)16-20-14-24(33)29(25(15-20)37(40)41)44-17-19-7-6-8-22(34)13-19/h6-16,28H,4-5,17H2,1-3H3/b26-16-/t28-/m1/s1. The topological polar surface area (TPSA) is 122 Å². The van der Waals surface area contributed by atoms with Crippen LogP contribution in [0, 0.1) is 10.1 Å². The van der Waals surface area contributed by atoms with Gasteiger partial charge >= 0.3 is 11.7 Å². The molecule has 1 atom stereocenters. The molecule has 1 aromatic heterocycles. The Morgan fingerprint density at radius 1 is 1.13 bits per heavy atom. The fraction of sp³-hybridized carbons (Fsp3) is 0.219. The van der Waals surface area contributed by atoms with Crippen molar-refractivity contribution >= 4 is 56.6 Å². The molecule has 0 radical (unpaired) electrons. The third-order valence-corrected chi connectivity index (χ3v) is 8.64. The van der Waals surface area contributed by atoms with Gasteiger partial charge in [0.1, 0.15) is 12.4 Å². The van der Waals surface area contributed by atoms with E-state index in [1.807, 2.05) is 6.92 Å². The molecule has 0 fully saturated rings. The minimum absolute atomic E-state index is 0.0452. The number of nitro groups is 1. The second kappa shape index (κ2) is 13.8. The van der Waals surface area contributed by atoms with E-state index >= 15 is 0 Å². The summed E-state index contributed by atoms with van der Waals surface area (Å²) in [5.41, 5.74) is 1.80. The normalized spacial score (nSPS) is 14.5. The van der Waals surface area contributed by atoms with Gasteiger partial charge in [-0.1, -0.05) is 47.2 Å². The Balaban J connectivity index is 1.59. The third-order valence-electron chi connectivity index (χ3n) is 6.84. The van der Waals surface area contributed by atoms with Crippen LogP contribution < -0.4 is 24.4 Å². The number of nitrogens with zero attached hydrogens (tertiary/aromatic N) is 3. The molecular weight excluding hydrogens is 686 g/mol. The molecule has 1 aliphatic heterocycles. The molecule has 2 heterocycles. The zero-order valence-corrected chi connectivity index (χ0v) is 27.6. The molecule has 0 N–H and O–H groups in total. The smallest absolute Gasteiger partial charge is 0.338 e. The average molecular weight is 713 g/mol. The number of allylic oxidation sites excluding steroid dienone is 1. The van der Waals surface area contributed by atoms with E-state index in [0.29, 0.717) is 43.5 Å². The van der Waals surface area contributed by atoms with Gasteiger partial charge in [0.25, 0.3) is 5.56 Å². The SMILES string of the molecule is CCOC(=O)C1=C(C)N=c2s/c(=C\c3cc(Br)c(OCc4cccc(Cl)c4)c([N+](=O)[O-])c3)c(=O)n2[C@@H]1c1ccc(OCC)cc1. The van der Waals surface area contributed by atoms with Crippen LogP contribution in [-0.2, 0) is 16.1 Å². The van der Waals surface area contributed by atoms with Crippen molar-refractivity contribution in [2.24, 2.45) is 4.99 Å². The third kappa shape index (κ3) is 6.87. The molecule has 0 aliphatic carbocycles. The Labute approximate surface area is 275 Å². The van der Waals surface area contributed by atoms with Crippen molar-refractivity contribution in [3.63, 3.8) is 0 Å². The van der Waals surface area contributed by atoms with Crippen molar-refractivity contribution in [1.29, 1.82) is 0 Å². The monoisotopic (exact) mass is 711 g/mol. The van der Waals surface area contributed by atoms with Crippen LogP contribution in [0.5, 0.6) is 11.5 Å². The van der Waals surface area contributed by atoms with Gasteiger partial charge in [0.05, 0.1) is 44.5 Å². The largest absolute Gasteiger partial charge is 0.494 e. The first-order valence-electron chi connectivity index (χ1n) is 13.9. The number of halogens is 2. The maximum absolute atomic E-state index is 14.0. The molecule has 232 valence electrons. The number of nitro benzene ring substituents is 1. The van der Waals surface area contributed by atoms with Gasteiger partial charge < -0.3 is 14.2 Å². The summed E-state index contributed by atoms with van der Waals surface area (Å²) in [5.74, 6) is 0.128. The minimum atomic E-state index is -0.804. The summed E-state index contributed by atoms with van der Waals surface area (Å²) in [5, 5.41) is 12.6. The number of esters is 1. The van der Waals surface area contributed by atoms with E-state index in [0.717, 1.165) is 16.9 Å². The molecule has 5 rings (SSSR count). The summed E-state index contributed by atoms with van der Waals surface area (Å²) in [6.07, 6.45) is 1.56. The van der Waals surface area contributed by atoms with E-state index in [4.69, 9.17) is 25.8 Å². The number of carbonyl (C=O) groups is 1. The first kappa shape index (κ1) is 32.1. The molecule has 1 aliphatic rings. The molecule has 3 aromatic carbocycles. The maximum Gasteiger partial charge on any atom is 0.338 e. The van der Waals surface area contributed by atoms with Crippen molar-refractivity contribution in [3.05, 3.63) is 128 Å². The van der Waals surface area contributed by atoms with Gasteiger partial charge in [-0.2, -0.15) is 0 Å². The Kier molecular flexibility index (Phi) is 9.86. The molecular formula is C32H27BrClN3O7S. The van der Waals surface area contributed by atoms with Crippen molar-refractivity contribution in [1.82, 2.24) is 4.57 Å².